The molecule has 1 fully saturated rings. The number of fused-ring (bicyclic) bond motifs is 2. The number of rotatable bonds is 4. The van der Waals surface area contributed by atoms with Crippen molar-refractivity contribution >= 4 is 50.3 Å². The molecule has 0 spiro atoms. The van der Waals surface area contributed by atoms with Crippen LogP contribution in [0.15, 0.2) is 39.5 Å². The Labute approximate surface area is 199 Å². The Morgan fingerprint density at radius 2 is 1.88 bits per heavy atom. The number of hydrogen-bond donors (Lipinski definition) is 0. The maximum absolute atomic E-state index is 12.4. The minimum Gasteiger partial charge on any atom is -0.462 e. The zero-order valence-corrected chi connectivity index (χ0v) is 19.5. The van der Waals surface area contributed by atoms with Gasteiger partial charge in [-0.3, -0.25) is 0 Å². The molecule has 0 unspecified atom stereocenters. The Morgan fingerprint density at radius 1 is 1.18 bits per heavy atom. The maximum Gasteiger partial charge on any atom is 0.352 e. The second-order valence-corrected chi connectivity index (χ2v) is 8.72. The summed E-state index contributed by atoms with van der Waals surface area (Å²) in [6, 6.07) is 11.8. The molecule has 34 heavy (non-hydrogen) atoms. The second-order valence-electron chi connectivity index (χ2n) is 7.91. The first-order chi connectivity index (χ1) is 16.5. The average molecular weight is 476 g/mol. The van der Waals surface area contributed by atoms with Crippen LogP contribution in [0.2, 0.25) is 0 Å². The predicted molar refractivity (Wildman–Crippen MR) is 130 cm³/mol. The number of esters is 1. The quantitative estimate of drug-likeness (QED) is 0.409. The molecule has 0 saturated carbocycles. The van der Waals surface area contributed by atoms with Crippen molar-refractivity contribution < 1.29 is 13.9 Å². The van der Waals surface area contributed by atoms with Crippen LogP contribution in [0.3, 0.4) is 0 Å². The Hall–Kier alpha value is -3.97. The van der Waals surface area contributed by atoms with Crippen LogP contribution >= 0.6 is 11.5 Å². The van der Waals surface area contributed by atoms with Crippen LogP contribution in [0.25, 0.3) is 21.2 Å². The molecule has 10 heteroatoms. The highest BCUT2D eigenvalue weighted by Crippen LogP contribution is 2.32. The van der Waals surface area contributed by atoms with Gasteiger partial charge in [0.15, 0.2) is 5.82 Å². The van der Waals surface area contributed by atoms with Crippen molar-refractivity contribution in [3.8, 4) is 6.07 Å². The number of hydrogen-bond acceptors (Lipinski definition) is 10. The van der Waals surface area contributed by atoms with Gasteiger partial charge >= 0.3 is 11.6 Å². The highest BCUT2D eigenvalue weighted by molar-refractivity contribution is 7.13. The van der Waals surface area contributed by atoms with E-state index in [1.54, 1.807) is 13.8 Å². The van der Waals surface area contributed by atoms with E-state index in [0.29, 0.717) is 48.5 Å². The number of ether oxygens (including phenoxy) is 1. The van der Waals surface area contributed by atoms with E-state index in [2.05, 4.69) is 32.5 Å². The summed E-state index contributed by atoms with van der Waals surface area (Å²) in [6.45, 7) is 6.24. The number of pyridine rings is 1. The van der Waals surface area contributed by atoms with Gasteiger partial charge < -0.3 is 19.0 Å². The zero-order chi connectivity index (χ0) is 23.8. The number of nitriles is 1. The van der Waals surface area contributed by atoms with E-state index in [-0.39, 0.29) is 17.9 Å². The van der Waals surface area contributed by atoms with Crippen LogP contribution in [0.5, 0.6) is 0 Å². The highest BCUT2D eigenvalue weighted by Gasteiger charge is 2.26. The van der Waals surface area contributed by atoms with E-state index in [4.69, 9.17) is 9.15 Å². The van der Waals surface area contributed by atoms with Crippen molar-refractivity contribution in [2.45, 2.75) is 13.8 Å². The Balaban J connectivity index is 1.47. The number of piperazine rings is 1. The molecule has 4 aromatic rings. The molecule has 0 radical (unpaired) electrons. The summed E-state index contributed by atoms with van der Waals surface area (Å²) in [5, 5.41) is 11.5. The van der Waals surface area contributed by atoms with E-state index < -0.39 is 11.6 Å². The van der Waals surface area contributed by atoms with Gasteiger partial charge in [0.1, 0.15) is 17.5 Å². The molecular formula is C24H21N5O4S. The lowest BCUT2D eigenvalue weighted by Crippen LogP contribution is -2.47. The molecule has 0 bridgehead atoms. The molecule has 1 aliphatic rings. The number of anilines is 2. The van der Waals surface area contributed by atoms with Crippen molar-refractivity contribution in [3.05, 3.63) is 57.4 Å². The van der Waals surface area contributed by atoms with E-state index in [0.717, 1.165) is 15.9 Å². The van der Waals surface area contributed by atoms with E-state index in [9.17, 15) is 14.9 Å². The fraction of sp³-hybridized carbons (Fsp3) is 0.292. The van der Waals surface area contributed by atoms with Gasteiger partial charge in [-0.1, -0.05) is 12.1 Å². The molecule has 4 heterocycles. The molecule has 3 aromatic heterocycles. The standard InChI is InChI=1S/C24H21N5O4S/c1-3-32-23(30)17-12-16-14(2)18(13-25)20(26-22(16)33-24(17)31)28-8-10-29(11-9-28)21-15-6-4-5-7-19(15)34-27-21/h4-7,12H,3,8-11H2,1-2H3. The molecule has 1 saturated heterocycles. The van der Waals surface area contributed by atoms with Crippen molar-refractivity contribution in [2.24, 2.45) is 0 Å². The third-order valence-electron chi connectivity index (χ3n) is 5.98. The third kappa shape index (κ3) is 3.64. The lowest BCUT2D eigenvalue weighted by atomic mass is 10.1. The van der Waals surface area contributed by atoms with Crippen molar-refractivity contribution in [3.63, 3.8) is 0 Å². The predicted octanol–water partition coefficient (Wildman–Crippen LogP) is 3.48. The largest absolute Gasteiger partial charge is 0.462 e. The Kier molecular flexibility index (Phi) is 5.63. The maximum atomic E-state index is 12.4. The normalized spacial score (nSPS) is 13.9. The molecule has 1 aliphatic heterocycles. The van der Waals surface area contributed by atoms with E-state index in [1.165, 1.54) is 17.6 Å². The number of benzene rings is 1. The van der Waals surface area contributed by atoms with Crippen molar-refractivity contribution in [1.29, 1.82) is 5.26 Å². The molecule has 0 aliphatic carbocycles. The zero-order valence-electron chi connectivity index (χ0n) is 18.7. The fourth-order valence-corrected chi connectivity index (χ4v) is 5.01. The number of aromatic nitrogens is 2. The summed E-state index contributed by atoms with van der Waals surface area (Å²) in [6.07, 6.45) is 0. The molecule has 9 nitrogen and oxygen atoms in total. The van der Waals surface area contributed by atoms with Gasteiger partial charge in [-0.05, 0) is 49.1 Å². The lowest BCUT2D eigenvalue weighted by molar-refractivity contribution is 0.0521. The van der Waals surface area contributed by atoms with Gasteiger partial charge in [0.2, 0.25) is 5.71 Å². The van der Waals surface area contributed by atoms with Crippen LogP contribution in [-0.2, 0) is 4.74 Å². The highest BCUT2D eigenvalue weighted by atomic mass is 32.1. The van der Waals surface area contributed by atoms with Crippen LogP contribution in [0.4, 0.5) is 11.6 Å². The van der Waals surface area contributed by atoms with Gasteiger partial charge in [0.05, 0.1) is 16.9 Å². The Morgan fingerprint density at radius 3 is 2.59 bits per heavy atom. The second kappa shape index (κ2) is 8.76. The summed E-state index contributed by atoms with van der Waals surface area (Å²) in [5.74, 6) is 0.689. The first-order valence-corrected chi connectivity index (χ1v) is 11.7. The van der Waals surface area contributed by atoms with E-state index >= 15 is 0 Å². The molecule has 5 rings (SSSR count). The topological polar surface area (TPSA) is 113 Å². The summed E-state index contributed by atoms with van der Waals surface area (Å²) < 4.78 is 16.1. The lowest BCUT2D eigenvalue weighted by Gasteiger charge is -2.36. The molecule has 0 amide bonds. The summed E-state index contributed by atoms with van der Waals surface area (Å²) >= 11 is 1.49. The first-order valence-electron chi connectivity index (χ1n) is 10.9. The molecular weight excluding hydrogens is 454 g/mol. The number of carbonyl (C=O) groups excluding carboxylic acids is 1. The SMILES string of the molecule is CCOC(=O)c1cc2c(C)c(C#N)c(N3CCN(c4nsc5ccccc45)CC3)nc2oc1=O. The van der Waals surface area contributed by atoms with Crippen molar-refractivity contribution in [2.75, 3.05) is 42.6 Å². The molecule has 172 valence electrons. The van der Waals surface area contributed by atoms with E-state index in [1.807, 2.05) is 17.0 Å². The summed E-state index contributed by atoms with van der Waals surface area (Å²) in [5.41, 5.74) is 0.0691. The van der Waals surface area contributed by atoms with Crippen LogP contribution in [0.1, 0.15) is 28.4 Å². The smallest absolute Gasteiger partial charge is 0.352 e. The third-order valence-corrected chi connectivity index (χ3v) is 6.80. The number of aryl methyl sites for hydroxylation is 1. The molecule has 0 N–H and O–H groups in total. The minimum atomic E-state index is -0.811. The van der Waals surface area contributed by atoms with Gasteiger partial charge in [0.25, 0.3) is 0 Å². The summed E-state index contributed by atoms with van der Waals surface area (Å²) in [7, 11) is 0. The average Bonchev–Trinajstić information content (AvgIpc) is 3.28. The molecule has 1 aromatic carbocycles. The minimum absolute atomic E-state index is 0.0949. The number of nitrogens with zero attached hydrogens (tertiary/aromatic N) is 5. The van der Waals surface area contributed by atoms with Crippen LogP contribution < -0.4 is 15.4 Å². The van der Waals surface area contributed by atoms with Gasteiger partial charge in [0, 0.05) is 37.0 Å². The van der Waals surface area contributed by atoms with Crippen LogP contribution in [0, 0.1) is 18.3 Å². The first kappa shape index (κ1) is 21.9. The monoisotopic (exact) mass is 475 g/mol. The number of carbonyl (C=O) groups is 1. The van der Waals surface area contributed by atoms with Crippen molar-refractivity contribution in [1.82, 2.24) is 9.36 Å². The van der Waals surface area contributed by atoms with Gasteiger partial charge in [-0.15, -0.1) is 0 Å². The van der Waals surface area contributed by atoms with Gasteiger partial charge in [-0.25, -0.2) is 9.59 Å². The van der Waals surface area contributed by atoms with Gasteiger partial charge in [-0.2, -0.15) is 14.6 Å². The summed E-state index contributed by atoms with van der Waals surface area (Å²) in [4.78, 5) is 33.3. The van der Waals surface area contributed by atoms with Crippen LogP contribution in [-0.4, -0.2) is 48.1 Å². The Bertz CT molecular complexity index is 1510. The fourth-order valence-electron chi connectivity index (χ4n) is 4.21. The molecule has 0 atom stereocenters.